The van der Waals surface area contributed by atoms with E-state index in [0.29, 0.717) is 57.5 Å². The summed E-state index contributed by atoms with van der Waals surface area (Å²) < 4.78 is 20.8. The number of hydrogen-bond donors (Lipinski definition) is 3. The second kappa shape index (κ2) is 13.2. The molecule has 1 fully saturated rings. The number of nitrogens with zero attached hydrogens (tertiary/aromatic N) is 6. The number of rotatable bonds is 10. The molecule has 0 unspecified atom stereocenters. The zero-order valence-corrected chi connectivity index (χ0v) is 26.5. The van der Waals surface area contributed by atoms with Crippen LogP contribution in [0.3, 0.4) is 0 Å². The number of aromatic amines is 2. The molecule has 12 heteroatoms. The molecule has 1 saturated heterocycles. The zero-order valence-electron chi connectivity index (χ0n) is 26.5. The van der Waals surface area contributed by atoms with Crippen molar-refractivity contribution < 1.29 is 13.9 Å². The highest BCUT2D eigenvalue weighted by Crippen LogP contribution is 2.33. The molecule has 0 spiro atoms. The van der Waals surface area contributed by atoms with Gasteiger partial charge in [0.1, 0.15) is 29.4 Å². The Labute approximate surface area is 280 Å². The number of pyridine rings is 3. The summed E-state index contributed by atoms with van der Waals surface area (Å²) in [4.78, 5) is 36.7. The van der Waals surface area contributed by atoms with Crippen molar-refractivity contribution in [2.24, 2.45) is 0 Å². The van der Waals surface area contributed by atoms with Crippen LogP contribution in [-0.4, -0.2) is 72.2 Å². The Morgan fingerprint density at radius 1 is 0.959 bits per heavy atom. The smallest absolute Gasteiger partial charge is 0.228 e. The number of halogens is 1. The van der Waals surface area contributed by atoms with E-state index in [1.807, 2.05) is 54.6 Å². The van der Waals surface area contributed by atoms with E-state index < -0.39 is 0 Å². The second-order valence-corrected chi connectivity index (χ2v) is 12.1. The van der Waals surface area contributed by atoms with Crippen LogP contribution in [0.25, 0.3) is 56.0 Å². The summed E-state index contributed by atoms with van der Waals surface area (Å²) in [5, 5.41) is 11.3. The van der Waals surface area contributed by atoms with Gasteiger partial charge in [-0.2, -0.15) is 5.10 Å². The molecule has 3 N–H and O–H groups in total. The first-order valence-corrected chi connectivity index (χ1v) is 16.2. The van der Waals surface area contributed by atoms with E-state index in [1.54, 1.807) is 24.8 Å². The molecule has 11 nitrogen and oxygen atoms in total. The Morgan fingerprint density at radius 3 is 2.71 bits per heavy atom. The van der Waals surface area contributed by atoms with Gasteiger partial charge in [-0.3, -0.25) is 24.8 Å². The third-order valence-electron chi connectivity index (χ3n) is 8.64. The lowest BCUT2D eigenvalue weighted by atomic mass is 10.1. The molecule has 1 amide bonds. The minimum absolute atomic E-state index is 0.136. The molecule has 1 aliphatic rings. The van der Waals surface area contributed by atoms with Crippen molar-refractivity contribution in [1.82, 2.24) is 40.0 Å². The van der Waals surface area contributed by atoms with Crippen molar-refractivity contribution in [1.29, 1.82) is 0 Å². The van der Waals surface area contributed by atoms with Gasteiger partial charge in [0, 0.05) is 41.5 Å². The van der Waals surface area contributed by atoms with Crippen molar-refractivity contribution >= 4 is 33.7 Å². The van der Waals surface area contributed by atoms with E-state index in [1.165, 1.54) is 25.0 Å². The highest BCUT2D eigenvalue weighted by atomic mass is 19.1. The van der Waals surface area contributed by atoms with Gasteiger partial charge in [-0.15, -0.1) is 0 Å². The van der Waals surface area contributed by atoms with E-state index >= 15 is 0 Å². The molecule has 0 aliphatic carbocycles. The Bertz CT molecular complexity index is 2280. The van der Waals surface area contributed by atoms with E-state index in [9.17, 15) is 9.18 Å². The van der Waals surface area contributed by atoms with Crippen LogP contribution in [0, 0.1) is 5.82 Å². The summed E-state index contributed by atoms with van der Waals surface area (Å²) in [7, 11) is 0. The fourth-order valence-electron chi connectivity index (χ4n) is 6.25. The van der Waals surface area contributed by atoms with Crippen LogP contribution in [0.2, 0.25) is 0 Å². The number of nitrogens with one attached hydrogen (secondary N) is 3. The van der Waals surface area contributed by atoms with E-state index in [-0.39, 0.29) is 18.1 Å². The molecular formula is C37H32FN9O2. The predicted octanol–water partition coefficient (Wildman–Crippen LogP) is 6.42. The number of carbonyl (C=O) groups excluding carboxylic acids is 1. The highest BCUT2D eigenvalue weighted by Gasteiger charge is 2.18. The average molecular weight is 654 g/mol. The summed E-state index contributed by atoms with van der Waals surface area (Å²) >= 11 is 0. The molecule has 0 saturated carbocycles. The number of ether oxygens (including phenoxy) is 1. The van der Waals surface area contributed by atoms with Crippen LogP contribution >= 0.6 is 0 Å². The van der Waals surface area contributed by atoms with Gasteiger partial charge < -0.3 is 15.0 Å². The van der Waals surface area contributed by atoms with Crippen LogP contribution in [0.15, 0.2) is 91.5 Å². The second-order valence-electron chi connectivity index (χ2n) is 12.1. The topological polar surface area (TPSA) is 138 Å². The number of anilines is 1. The average Bonchev–Trinajstić information content (AvgIpc) is 3.88. The van der Waals surface area contributed by atoms with Gasteiger partial charge >= 0.3 is 0 Å². The molecule has 0 atom stereocenters. The third-order valence-corrected chi connectivity index (χ3v) is 8.64. The summed E-state index contributed by atoms with van der Waals surface area (Å²) in [6, 6.07) is 19.8. The number of H-pyrrole nitrogens is 2. The molecule has 6 heterocycles. The number of aromatic nitrogens is 7. The summed E-state index contributed by atoms with van der Waals surface area (Å²) in [5.41, 5.74) is 6.65. The minimum Gasteiger partial charge on any atom is -0.492 e. The lowest BCUT2D eigenvalue weighted by Gasteiger charge is -2.15. The molecule has 7 aromatic rings. The molecule has 5 aromatic heterocycles. The van der Waals surface area contributed by atoms with Crippen molar-refractivity contribution in [3.63, 3.8) is 0 Å². The Hall–Kier alpha value is -6.01. The molecule has 49 heavy (non-hydrogen) atoms. The van der Waals surface area contributed by atoms with Gasteiger partial charge in [0.15, 0.2) is 11.5 Å². The number of fused-ring (bicyclic) bond motifs is 2. The highest BCUT2D eigenvalue weighted by molar-refractivity contribution is 5.97. The van der Waals surface area contributed by atoms with Crippen molar-refractivity contribution in [2.75, 3.05) is 31.6 Å². The van der Waals surface area contributed by atoms with Crippen molar-refractivity contribution in [3.8, 4) is 39.7 Å². The van der Waals surface area contributed by atoms with Crippen LogP contribution in [0.1, 0.15) is 18.4 Å². The van der Waals surface area contributed by atoms with Gasteiger partial charge in [0.25, 0.3) is 0 Å². The minimum atomic E-state index is -0.387. The quantitative estimate of drug-likeness (QED) is 0.154. The van der Waals surface area contributed by atoms with Gasteiger partial charge in [0.05, 0.1) is 35.7 Å². The summed E-state index contributed by atoms with van der Waals surface area (Å²) in [5.74, 6) is 0.449. The first-order chi connectivity index (χ1) is 24.1. The number of imidazole rings is 1. The normalized spacial score (nSPS) is 13.3. The number of hydrogen-bond acceptors (Lipinski definition) is 8. The maximum absolute atomic E-state index is 14.8. The Kier molecular flexibility index (Phi) is 8.20. The predicted molar refractivity (Wildman–Crippen MR) is 185 cm³/mol. The number of amides is 1. The number of likely N-dealkylation sites (tertiary alicyclic amines) is 1. The van der Waals surface area contributed by atoms with Crippen LogP contribution in [-0.2, 0) is 11.2 Å². The van der Waals surface area contributed by atoms with Crippen molar-refractivity contribution in [2.45, 2.75) is 19.3 Å². The lowest BCUT2D eigenvalue weighted by Crippen LogP contribution is -2.25. The molecular weight excluding hydrogens is 621 g/mol. The monoisotopic (exact) mass is 653 g/mol. The van der Waals surface area contributed by atoms with E-state index in [4.69, 9.17) is 9.72 Å². The first kappa shape index (κ1) is 30.3. The SMILES string of the molecule is O=C(Cc1ccccc1)Nc1cncc(-c2cc3c(-c4nc5c(-c6cc(F)cc(OCCN7CCCC7)c6)ccnc5[nH]4)n[nH]c3cn2)c1. The van der Waals surface area contributed by atoms with E-state index in [0.717, 1.165) is 41.7 Å². The molecule has 0 radical (unpaired) electrons. The molecule has 8 rings (SSSR count). The van der Waals surface area contributed by atoms with Gasteiger partial charge in [0.2, 0.25) is 5.91 Å². The maximum Gasteiger partial charge on any atom is 0.228 e. The van der Waals surface area contributed by atoms with Gasteiger partial charge in [-0.05, 0) is 67.4 Å². The summed E-state index contributed by atoms with van der Waals surface area (Å²) in [6.45, 7) is 3.47. The molecule has 0 bridgehead atoms. The standard InChI is InChI=1S/C37H32FN9O2/c38-26-15-24(17-28(18-26)49-13-12-47-10-4-5-11-47)29-8-9-40-36-34(29)43-37(44-36)35-30-19-31(41-22-32(30)45-46-35)25-16-27(21-39-20-25)42-33(48)14-23-6-2-1-3-7-23/h1-3,6-9,15-22H,4-5,10-14H2,(H,42,48)(H,45,46)(H,40,43,44). The fourth-order valence-corrected chi connectivity index (χ4v) is 6.25. The number of benzene rings is 2. The molecule has 244 valence electrons. The zero-order chi connectivity index (χ0) is 33.2. The largest absolute Gasteiger partial charge is 0.492 e. The molecule has 1 aliphatic heterocycles. The van der Waals surface area contributed by atoms with E-state index in [2.05, 4.69) is 40.3 Å². The fraction of sp³-hybridized carbons (Fsp3) is 0.189. The van der Waals surface area contributed by atoms with Gasteiger partial charge in [-0.25, -0.2) is 14.4 Å². The van der Waals surface area contributed by atoms with Crippen LogP contribution in [0.5, 0.6) is 5.75 Å². The number of carbonyl (C=O) groups is 1. The third kappa shape index (κ3) is 6.58. The van der Waals surface area contributed by atoms with Crippen LogP contribution < -0.4 is 10.1 Å². The lowest BCUT2D eigenvalue weighted by molar-refractivity contribution is -0.115. The molecule has 2 aromatic carbocycles. The summed E-state index contributed by atoms with van der Waals surface area (Å²) in [6.07, 6.45) is 9.35. The van der Waals surface area contributed by atoms with Gasteiger partial charge in [-0.1, -0.05) is 30.3 Å². The van der Waals surface area contributed by atoms with Crippen LogP contribution in [0.4, 0.5) is 10.1 Å². The Balaban J connectivity index is 1.06. The maximum atomic E-state index is 14.8. The Morgan fingerprint density at radius 2 is 1.84 bits per heavy atom. The first-order valence-electron chi connectivity index (χ1n) is 16.2. The van der Waals surface area contributed by atoms with Crippen molar-refractivity contribution in [3.05, 3.63) is 103 Å².